The molecule has 4 rings (SSSR count). The molecule has 0 fully saturated rings. The molecular formula is C26H25N3O2. The zero-order chi connectivity index (χ0) is 21.6. The van der Waals surface area contributed by atoms with Crippen LogP contribution in [-0.4, -0.2) is 16.7 Å². The van der Waals surface area contributed by atoms with Crippen LogP contribution >= 0.6 is 0 Å². The zero-order valence-electron chi connectivity index (χ0n) is 17.2. The van der Waals surface area contributed by atoms with Gasteiger partial charge in [-0.1, -0.05) is 42.5 Å². The van der Waals surface area contributed by atoms with E-state index in [0.717, 1.165) is 17.5 Å². The van der Waals surface area contributed by atoms with Crippen LogP contribution in [0.4, 0.5) is 11.4 Å². The minimum absolute atomic E-state index is 0.209. The molecule has 0 aliphatic rings. The van der Waals surface area contributed by atoms with Gasteiger partial charge in [-0.15, -0.1) is 0 Å². The number of amides is 1. The van der Waals surface area contributed by atoms with E-state index in [1.165, 1.54) is 10.9 Å². The van der Waals surface area contributed by atoms with Gasteiger partial charge in [0, 0.05) is 35.5 Å². The van der Waals surface area contributed by atoms with Crippen molar-refractivity contribution in [2.75, 3.05) is 11.1 Å². The third-order valence-corrected chi connectivity index (χ3v) is 5.47. The van der Waals surface area contributed by atoms with Crippen molar-refractivity contribution in [1.82, 2.24) is 4.98 Å². The average Bonchev–Trinajstić information content (AvgIpc) is 3.21. The number of H-pyrrole nitrogens is 1. The minimum Gasteiger partial charge on any atom is -0.397 e. The molecule has 1 heterocycles. The number of Topliss-reactive ketones (excluding diaryl/α,β-unsaturated/α-hetero) is 1. The molecule has 4 N–H and O–H groups in total. The lowest BCUT2D eigenvalue weighted by Gasteiger charge is -2.08. The SMILES string of the molecule is Nc1ccccc1NC(=O)c1ccc(CCC(=O)CCc2c[nH]c3ccccc23)cc1. The van der Waals surface area contributed by atoms with E-state index in [1.807, 2.05) is 48.7 Å². The van der Waals surface area contributed by atoms with E-state index in [1.54, 1.807) is 24.3 Å². The lowest BCUT2D eigenvalue weighted by molar-refractivity contribution is -0.119. The van der Waals surface area contributed by atoms with Crippen molar-refractivity contribution in [3.05, 3.63) is 95.7 Å². The molecule has 156 valence electrons. The number of rotatable bonds is 8. The van der Waals surface area contributed by atoms with Crippen LogP contribution < -0.4 is 11.1 Å². The van der Waals surface area contributed by atoms with E-state index in [-0.39, 0.29) is 11.7 Å². The Kier molecular flexibility index (Phi) is 6.13. The number of para-hydroxylation sites is 3. The van der Waals surface area contributed by atoms with Crippen molar-refractivity contribution in [2.24, 2.45) is 0 Å². The van der Waals surface area contributed by atoms with Gasteiger partial charge >= 0.3 is 0 Å². The maximum absolute atomic E-state index is 12.4. The Labute approximate surface area is 181 Å². The number of benzene rings is 3. The summed E-state index contributed by atoms with van der Waals surface area (Å²) >= 11 is 0. The molecule has 0 radical (unpaired) electrons. The van der Waals surface area contributed by atoms with Crippen molar-refractivity contribution < 1.29 is 9.59 Å². The van der Waals surface area contributed by atoms with Crippen LogP contribution in [-0.2, 0) is 17.6 Å². The number of carbonyl (C=O) groups excluding carboxylic acids is 2. The fraction of sp³-hybridized carbons (Fsp3) is 0.154. The molecule has 5 nitrogen and oxygen atoms in total. The molecule has 31 heavy (non-hydrogen) atoms. The third kappa shape index (κ3) is 5.01. The van der Waals surface area contributed by atoms with Crippen molar-refractivity contribution in [2.45, 2.75) is 25.7 Å². The molecule has 0 bridgehead atoms. The summed E-state index contributed by atoms with van der Waals surface area (Å²) in [6.07, 6.45) is 4.42. The lowest BCUT2D eigenvalue weighted by atomic mass is 10.0. The number of nitrogens with one attached hydrogen (secondary N) is 2. The number of aromatic amines is 1. The quantitative estimate of drug-likeness (QED) is 0.351. The summed E-state index contributed by atoms with van der Waals surface area (Å²) in [7, 11) is 0. The third-order valence-electron chi connectivity index (χ3n) is 5.47. The zero-order valence-corrected chi connectivity index (χ0v) is 17.2. The smallest absolute Gasteiger partial charge is 0.255 e. The first kappa shape index (κ1) is 20.4. The van der Waals surface area contributed by atoms with Crippen LogP contribution in [0.5, 0.6) is 0 Å². The van der Waals surface area contributed by atoms with Crippen molar-refractivity contribution in [1.29, 1.82) is 0 Å². The van der Waals surface area contributed by atoms with Gasteiger partial charge in [-0.3, -0.25) is 9.59 Å². The normalized spacial score (nSPS) is 10.8. The number of hydrogen-bond acceptors (Lipinski definition) is 3. The highest BCUT2D eigenvalue weighted by Gasteiger charge is 2.10. The largest absolute Gasteiger partial charge is 0.397 e. The van der Waals surface area contributed by atoms with Crippen molar-refractivity contribution >= 4 is 34.0 Å². The molecule has 0 saturated heterocycles. The molecule has 0 aliphatic carbocycles. The molecular weight excluding hydrogens is 386 g/mol. The summed E-state index contributed by atoms with van der Waals surface area (Å²) in [6, 6.07) is 22.6. The number of ketones is 1. The van der Waals surface area contributed by atoms with Gasteiger partial charge in [0.05, 0.1) is 11.4 Å². The predicted octanol–water partition coefficient (Wildman–Crippen LogP) is 5.14. The van der Waals surface area contributed by atoms with Gasteiger partial charge in [0.2, 0.25) is 0 Å². The molecule has 0 saturated carbocycles. The summed E-state index contributed by atoms with van der Waals surface area (Å²) in [6.45, 7) is 0. The standard InChI is InChI=1S/C26H25N3O2/c27-23-6-2-4-8-25(23)29-26(31)19-12-9-18(10-13-19)11-15-21(30)16-14-20-17-28-24-7-3-1-5-22(20)24/h1-10,12-13,17,28H,11,14-16,27H2,(H,29,31). The molecule has 4 aromatic rings. The second-order valence-electron chi connectivity index (χ2n) is 7.64. The number of aryl methyl sites for hydroxylation is 2. The van der Waals surface area contributed by atoms with Crippen molar-refractivity contribution in [3.63, 3.8) is 0 Å². The highest BCUT2D eigenvalue weighted by molar-refractivity contribution is 6.05. The minimum atomic E-state index is -0.209. The molecule has 5 heteroatoms. The molecule has 0 unspecified atom stereocenters. The second kappa shape index (κ2) is 9.30. The summed E-state index contributed by atoms with van der Waals surface area (Å²) in [4.78, 5) is 28.0. The van der Waals surface area contributed by atoms with E-state index in [9.17, 15) is 9.59 Å². The van der Waals surface area contributed by atoms with Gasteiger partial charge in [-0.05, 0) is 54.3 Å². The molecule has 1 aromatic heterocycles. The number of carbonyl (C=O) groups is 2. The van der Waals surface area contributed by atoms with Crippen LogP contribution in [0.1, 0.15) is 34.3 Å². The second-order valence-corrected chi connectivity index (χ2v) is 7.64. The van der Waals surface area contributed by atoms with Crippen molar-refractivity contribution in [3.8, 4) is 0 Å². The Bertz CT molecular complexity index is 1210. The van der Waals surface area contributed by atoms with E-state index in [4.69, 9.17) is 5.73 Å². The number of nitrogen functional groups attached to an aromatic ring is 1. The molecule has 3 aromatic carbocycles. The summed E-state index contributed by atoms with van der Waals surface area (Å²) in [5.74, 6) is 0.0332. The monoisotopic (exact) mass is 411 g/mol. The van der Waals surface area contributed by atoms with Gasteiger partial charge in [0.25, 0.3) is 5.91 Å². The number of nitrogens with two attached hydrogens (primary N) is 1. The lowest BCUT2D eigenvalue weighted by Crippen LogP contribution is -2.13. The Morgan fingerprint density at radius 2 is 1.55 bits per heavy atom. The highest BCUT2D eigenvalue weighted by atomic mass is 16.1. The topological polar surface area (TPSA) is 88.0 Å². The Morgan fingerprint density at radius 1 is 0.839 bits per heavy atom. The highest BCUT2D eigenvalue weighted by Crippen LogP contribution is 2.20. The number of hydrogen-bond donors (Lipinski definition) is 3. The van der Waals surface area contributed by atoms with Gasteiger partial charge < -0.3 is 16.0 Å². The Morgan fingerprint density at radius 3 is 2.35 bits per heavy atom. The maximum Gasteiger partial charge on any atom is 0.255 e. The molecule has 1 amide bonds. The van der Waals surface area contributed by atoms with E-state index < -0.39 is 0 Å². The van der Waals surface area contributed by atoms with E-state index in [0.29, 0.717) is 36.2 Å². The van der Waals surface area contributed by atoms with Gasteiger partial charge in [0.15, 0.2) is 0 Å². The fourth-order valence-corrected chi connectivity index (χ4v) is 3.65. The summed E-state index contributed by atoms with van der Waals surface area (Å²) < 4.78 is 0. The van der Waals surface area contributed by atoms with E-state index in [2.05, 4.69) is 16.4 Å². The maximum atomic E-state index is 12.4. The molecule has 0 spiro atoms. The first-order valence-electron chi connectivity index (χ1n) is 10.4. The number of aromatic nitrogens is 1. The van der Waals surface area contributed by atoms with Crippen LogP contribution in [0, 0.1) is 0 Å². The molecule has 0 atom stereocenters. The van der Waals surface area contributed by atoms with E-state index >= 15 is 0 Å². The van der Waals surface area contributed by atoms with Crippen LogP contribution in [0.3, 0.4) is 0 Å². The number of fused-ring (bicyclic) bond motifs is 1. The Balaban J connectivity index is 1.27. The van der Waals surface area contributed by atoms with Crippen LogP contribution in [0.25, 0.3) is 10.9 Å². The van der Waals surface area contributed by atoms with Gasteiger partial charge in [0.1, 0.15) is 5.78 Å². The average molecular weight is 412 g/mol. The Hall–Kier alpha value is -3.86. The summed E-state index contributed by atoms with van der Waals surface area (Å²) in [5, 5.41) is 4.00. The fourth-order valence-electron chi connectivity index (χ4n) is 3.65. The number of anilines is 2. The summed E-state index contributed by atoms with van der Waals surface area (Å²) in [5.41, 5.74) is 10.9. The van der Waals surface area contributed by atoms with Crippen LogP contribution in [0.2, 0.25) is 0 Å². The van der Waals surface area contributed by atoms with Crippen LogP contribution in [0.15, 0.2) is 79.0 Å². The first-order chi connectivity index (χ1) is 15.1. The first-order valence-corrected chi connectivity index (χ1v) is 10.4. The van der Waals surface area contributed by atoms with Gasteiger partial charge in [-0.25, -0.2) is 0 Å². The molecule has 0 aliphatic heterocycles. The van der Waals surface area contributed by atoms with Gasteiger partial charge in [-0.2, -0.15) is 0 Å². The predicted molar refractivity (Wildman–Crippen MR) is 125 cm³/mol.